The molecule has 6 heteroatoms. The summed E-state index contributed by atoms with van der Waals surface area (Å²) in [7, 11) is 0. The Hall–Kier alpha value is -3.04. The fraction of sp³-hybridized carbons (Fsp3) is 0.364. The van der Waals surface area contributed by atoms with Crippen molar-refractivity contribution in [3.05, 3.63) is 59.2 Å². The van der Waals surface area contributed by atoms with E-state index in [1.807, 2.05) is 44.2 Å². The second kappa shape index (κ2) is 7.91. The summed E-state index contributed by atoms with van der Waals surface area (Å²) in [5, 5.41) is 26.6. The zero-order chi connectivity index (χ0) is 20.3. The van der Waals surface area contributed by atoms with Gasteiger partial charge in [-0.1, -0.05) is 18.2 Å². The number of nitriles is 1. The fourth-order valence-corrected chi connectivity index (χ4v) is 3.46. The highest BCUT2D eigenvalue weighted by Crippen LogP contribution is 2.44. The monoisotopic (exact) mass is 379 g/mol. The highest BCUT2D eigenvalue weighted by molar-refractivity contribution is 5.72. The molecule has 0 aliphatic carbocycles. The molecule has 0 fully saturated rings. The first kappa shape index (κ1) is 19.7. The van der Waals surface area contributed by atoms with Gasteiger partial charge in [-0.05, 0) is 50.1 Å². The molecule has 2 atom stereocenters. The molecule has 0 aromatic heterocycles. The van der Waals surface area contributed by atoms with Crippen molar-refractivity contribution in [3.8, 4) is 11.8 Å². The molecule has 0 spiro atoms. The number of carbonyl (C=O) groups excluding carboxylic acids is 1. The maximum absolute atomic E-state index is 11.2. The zero-order valence-corrected chi connectivity index (χ0v) is 16.3. The summed E-state index contributed by atoms with van der Waals surface area (Å²) in [4.78, 5) is 11.2. The van der Waals surface area contributed by atoms with Crippen LogP contribution < -0.4 is 15.4 Å². The van der Waals surface area contributed by atoms with E-state index in [2.05, 4.69) is 16.7 Å². The number of ether oxygens (including phenoxy) is 1. The second-order valence-corrected chi connectivity index (χ2v) is 7.54. The predicted molar refractivity (Wildman–Crippen MR) is 107 cm³/mol. The molecule has 28 heavy (non-hydrogen) atoms. The summed E-state index contributed by atoms with van der Waals surface area (Å²) in [5.41, 5.74) is 2.12. The first-order valence-corrected chi connectivity index (χ1v) is 9.32. The van der Waals surface area contributed by atoms with Crippen LogP contribution in [0.4, 0.5) is 5.69 Å². The molecule has 3 N–H and O–H groups in total. The van der Waals surface area contributed by atoms with Crippen LogP contribution in [0, 0.1) is 11.3 Å². The molecular weight excluding hydrogens is 354 g/mol. The summed E-state index contributed by atoms with van der Waals surface area (Å²) >= 11 is 0. The maximum Gasteiger partial charge on any atom is 0.216 e. The number of hydrogen-bond donors (Lipinski definition) is 3. The highest BCUT2D eigenvalue weighted by Gasteiger charge is 2.44. The van der Waals surface area contributed by atoms with Crippen LogP contribution in [0.5, 0.6) is 5.75 Å². The van der Waals surface area contributed by atoms with Gasteiger partial charge in [0.25, 0.3) is 0 Å². The molecule has 146 valence electrons. The minimum atomic E-state index is -0.823. The smallest absolute Gasteiger partial charge is 0.216 e. The van der Waals surface area contributed by atoms with Crippen LogP contribution in [-0.4, -0.2) is 29.3 Å². The van der Waals surface area contributed by atoms with Gasteiger partial charge >= 0.3 is 0 Å². The summed E-state index contributed by atoms with van der Waals surface area (Å²) < 4.78 is 6.18. The standard InChI is InChI=1S/C22H25N3O3/c1-14(26)24-10-9-16-11-15(13-23)12-18-19(25-17-7-5-4-6-8-17)21(27)22(2,3)28-20(16)18/h4-8,11-12,19,21,25,27H,9-10H2,1-3H3,(H,24,26). The molecule has 1 aliphatic heterocycles. The summed E-state index contributed by atoms with van der Waals surface area (Å²) in [6, 6.07) is 14.9. The van der Waals surface area contributed by atoms with Crippen molar-refractivity contribution < 1.29 is 14.6 Å². The first-order valence-electron chi connectivity index (χ1n) is 9.32. The third kappa shape index (κ3) is 4.10. The van der Waals surface area contributed by atoms with Crippen LogP contribution >= 0.6 is 0 Å². The van der Waals surface area contributed by atoms with Gasteiger partial charge in [0.1, 0.15) is 17.5 Å². The number of hydrogen-bond acceptors (Lipinski definition) is 5. The third-order valence-electron chi connectivity index (χ3n) is 4.92. The van der Waals surface area contributed by atoms with Crippen LogP contribution in [0.15, 0.2) is 42.5 Å². The molecular formula is C22H25N3O3. The minimum Gasteiger partial charge on any atom is -0.484 e. The average molecular weight is 379 g/mol. The lowest BCUT2D eigenvalue weighted by Crippen LogP contribution is -2.51. The summed E-state index contributed by atoms with van der Waals surface area (Å²) in [6.07, 6.45) is -0.292. The van der Waals surface area contributed by atoms with Gasteiger partial charge in [0.05, 0.1) is 17.7 Å². The number of aliphatic hydroxyl groups is 1. The van der Waals surface area contributed by atoms with E-state index in [9.17, 15) is 15.2 Å². The third-order valence-corrected chi connectivity index (χ3v) is 4.92. The Morgan fingerprint density at radius 1 is 1.29 bits per heavy atom. The number of nitrogens with one attached hydrogen (secondary N) is 2. The SMILES string of the molecule is CC(=O)NCCc1cc(C#N)cc2c1OC(C)(C)C(O)C2Nc1ccccc1. The molecule has 3 rings (SSSR count). The lowest BCUT2D eigenvalue weighted by Gasteiger charge is -2.43. The van der Waals surface area contributed by atoms with Crippen LogP contribution in [0.3, 0.4) is 0 Å². The van der Waals surface area contributed by atoms with E-state index in [1.54, 1.807) is 12.1 Å². The topological polar surface area (TPSA) is 94.4 Å². The fourth-order valence-electron chi connectivity index (χ4n) is 3.46. The molecule has 2 aromatic carbocycles. The predicted octanol–water partition coefficient (Wildman–Crippen LogP) is 2.92. The van der Waals surface area contributed by atoms with Crippen molar-refractivity contribution in [1.29, 1.82) is 5.26 Å². The Kier molecular flexibility index (Phi) is 5.57. The number of fused-ring (bicyclic) bond motifs is 1. The van der Waals surface area contributed by atoms with E-state index >= 15 is 0 Å². The molecule has 1 aliphatic rings. The lowest BCUT2D eigenvalue weighted by atomic mass is 9.84. The number of para-hydroxylation sites is 1. The van der Waals surface area contributed by atoms with E-state index in [0.29, 0.717) is 24.3 Å². The van der Waals surface area contributed by atoms with Gasteiger partial charge in [-0.25, -0.2) is 0 Å². The van der Waals surface area contributed by atoms with Crippen molar-refractivity contribution in [2.24, 2.45) is 0 Å². The van der Waals surface area contributed by atoms with Gasteiger partial charge in [0, 0.05) is 24.7 Å². The molecule has 0 radical (unpaired) electrons. The Morgan fingerprint density at radius 3 is 2.64 bits per heavy atom. The Bertz CT molecular complexity index is 903. The molecule has 1 heterocycles. The number of anilines is 1. The maximum atomic E-state index is 11.2. The highest BCUT2D eigenvalue weighted by atomic mass is 16.5. The Morgan fingerprint density at radius 2 is 2.00 bits per heavy atom. The Balaban J connectivity index is 2.04. The molecule has 6 nitrogen and oxygen atoms in total. The van der Waals surface area contributed by atoms with Crippen molar-refractivity contribution in [2.45, 2.75) is 44.9 Å². The van der Waals surface area contributed by atoms with Gasteiger partial charge in [0.2, 0.25) is 5.91 Å². The Labute approximate surface area is 165 Å². The van der Waals surface area contributed by atoms with Crippen LogP contribution in [0.25, 0.3) is 0 Å². The van der Waals surface area contributed by atoms with E-state index < -0.39 is 17.7 Å². The van der Waals surface area contributed by atoms with Gasteiger partial charge in [-0.15, -0.1) is 0 Å². The molecule has 0 bridgehead atoms. The van der Waals surface area contributed by atoms with Gasteiger partial charge in [0.15, 0.2) is 0 Å². The van der Waals surface area contributed by atoms with Crippen LogP contribution in [-0.2, 0) is 11.2 Å². The molecule has 2 aromatic rings. The van der Waals surface area contributed by atoms with Crippen molar-refractivity contribution in [2.75, 3.05) is 11.9 Å². The van der Waals surface area contributed by atoms with Crippen LogP contribution in [0.2, 0.25) is 0 Å². The van der Waals surface area contributed by atoms with Crippen molar-refractivity contribution in [3.63, 3.8) is 0 Å². The number of aliphatic hydroxyl groups excluding tert-OH is 1. The van der Waals surface area contributed by atoms with E-state index in [0.717, 1.165) is 16.8 Å². The number of rotatable bonds is 5. The van der Waals surface area contributed by atoms with Crippen molar-refractivity contribution >= 4 is 11.6 Å². The average Bonchev–Trinajstić information content (AvgIpc) is 2.66. The first-order chi connectivity index (χ1) is 13.3. The lowest BCUT2D eigenvalue weighted by molar-refractivity contribution is -0.118. The van der Waals surface area contributed by atoms with Gasteiger partial charge in [-0.3, -0.25) is 4.79 Å². The summed E-state index contributed by atoms with van der Waals surface area (Å²) in [6.45, 7) is 5.60. The number of carbonyl (C=O) groups is 1. The largest absolute Gasteiger partial charge is 0.484 e. The van der Waals surface area contributed by atoms with Crippen LogP contribution in [0.1, 0.15) is 43.5 Å². The molecule has 2 unspecified atom stereocenters. The minimum absolute atomic E-state index is 0.106. The quantitative estimate of drug-likeness (QED) is 0.743. The van der Waals surface area contributed by atoms with E-state index in [-0.39, 0.29) is 5.91 Å². The van der Waals surface area contributed by atoms with Gasteiger partial charge in [-0.2, -0.15) is 5.26 Å². The number of amides is 1. The van der Waals surface area contributed by atoms with E-state index in [4.69, 9.17) is 4.74 Å². The van der Waals surface area contributed by atoms with Gasteiger partial charge < -0.3 is 20.5 Å². The molecule has 0 saturated carbocycles. The second-order valence-electron chi connectivity index (χ2n) is 7.54. The number of nitrogens with zero attached hydrogens (tertiary/aromatic N) is 1. The normalized spacial score (nSPS) is 19.7. The van der Waals surface area contributed by atoms with E-state index in [1.165, 1.54) is 6.92 Å². The zero-order valence-electron chi connectivity index (χ0n) is 16.3. The molecule has 1 amide bonds. The molecule has 0 saturated heterocycles. The van der Waals surface area contributed by atoms with Crippen molar-refractivity contribution in [1.82, 2.24) is 5.32 Å². The number of benzene rings is 2. The summed E-state index contributed by atoms with van der Waals surface area (Å²) in [5.74, 6) is 0.554.